The van der Waals surface area contributed by atoms with Gasteiger partial charge >= 0.3 is 6.09 Å². The van der Waals surface area contributed by atoms with Gasteiger partial charge in [0.05, 0.1) is 23.7 Å². The molecule has 246 valence electrons. The van der Waals surface area contributed by atoms with Crippen molar-refractivity contribution in [2.75, 3.05) is 18.4 Å². The molecule has 1 aromatic heterocycles. The first kappa shape index (κ1) is 33.2. The lowest BCUT2D eigenvalue weighted by molar-refractivity contribution is -0.131. The number of aromatic nitrogens is 1. The van der Waals surface area contributed by atoms with E-state index in [-0.39, 0.29) is 29.8 Å². The zero-order chi connectivity index (χ0) is 33.1. The number of nitrogens with one attached hydrogen (secondary N) is 1. The molecule has 2 heterocycles. The van der Waals surface area contributed by atoms with Crippen LogP contribution in [-0.2, 0) is 32.6 Å². The summed E-state index contributed by atoms with van der Waals surface area (Å²) in [5, 5.41) is 3.87. The van der Waals surface area contributed by atoms with Crippen molar-refractivity contribution < 1.29 is 27.3 Å². The molecule has 1 saturated carbocycles. The van der Waals surface area contributed by atoms with E-state index in [1.54, 1.807) is 46.0 Å². The predicted molar refractivity (Wildman–Crippen MR) is 176 cm³/mol. The van der Waals surface area contributed by atoms with Gasteiger partial charge in [-0.25, -0.2) is 17.9 Å². The predicted octanol–water partition coefficient (Wildman–Crippen LogP) is 6.59. The fraction of sp³-hybridized carbons (Fsp3) is 0.471. The average molecular weight is 650 g/mol. The number of carbonyl (C=O) groups excluding carboxylic acids is 2. The minimum Gasteiger partial charge on any atom is -0.450 e. The number of amidine groups is 1. The fourth-order valence-corrected chi connectivity index (χ4v) is 7.45. The highest BCUT2D eigenvalue weighted by Crippen LogP contribution is 2.40. The number of hydrogen-bond acceptors (Lipinski definition) is 8. The topological polar surface area (TPSA) is 134 Å². The van der Waals surface area contributed by atoms with E-state index in [2.05, 4.69) is 16.8 Å². The minimum atomic E-state index is -4.09. The van der Waals surface area contributed by atoms with Crippen molar-refractivity contribution in [3.05, 3.63) is 64.8 Å². The molecule has 3 aromatic rings. The third-order valence-corrected chi connectivity index (χ3v) is 10.2. The van der Waals surface area contributed by atoms with Crippen LogP contribution in [0.15, 0.2) is 56.9 Å². The van der Waals surface area contributed by atoms with E-state index < -0.39 is 21.7 Å². The Balaban J connectivity index is 1.53. The number of sulfonamides is 1. The maximum Gasteiger partial charge on any atom is 0.409 e. The lowest BCUT2D eigenvalue weighted by Gasteiger charge is -2.24. The molecule has 0 unspecified atom stereocenters. The number of nitrogens with zero attached hydrogens (tertiary/aromatic N) is 4. The number of hydrogen-bond donors (Lipinski definition) is 1. The number of unbranched alkanes of at least 4 members (excludes halogenated alkanes) is 1. The van der Waals surface area contributed by atoms with Gasteiger partial charge in [0.2, 0.25) is 5.88 Å². The van der Waals surface area contributed by atoms with Crippen LogP contribution in [0.1, 0.15) is 81.2 Å². The van der Waals surface area contributed by atoms with Gasteiger partial charge in [0.1, 0.15) is 11.4 Å². The van der Waals surface area contributed by atoms with Crippen LogP contribution < -0.4 is 4.72 Å². The molecule has 2 aromatic carbocycles. The lowest BCUT2D eigenvalue weighted by Crippen LogP contribution is -2.40. The standard InChI is InChI=1S/C34H43N5O6S/c1-6-8-15-30-35-34(18-11-12-19-34)32(40)39(30)21-25-16-17-27(26(20-25)22-38(5)33(41)44-7-2)28-13-9-10-14-29(28)46(42,43)37-31-23(3)24(4)36-45-31/h9-10,13-14,16-17,20,37H,6-8,11-12,15,18-19,21-22H2,1-5H3. The molecule has 0 radical (unpaired) electrons. The van der Waals surface area contributed by atoms with Crippen molar-refractivity contribution in [3.8, 4) is 11.1 Å². The maximum atomic E-state index is 13.8. The Labute approximate surface area is 271 Å². The molecular weight excluding hydrogens is 606 g/mol. The van der Waals surface area contributed by atoms with Gasteiger partial charge in [-0.05, 0) is 62.8 Å². The molecule has 5 rings (SSSR count). The number of benzene rings is 2. The summed E-state index contributed by atoms with van der Waals surface area (Å²) >= 11 is 0. The van der Waals surface area contributed by atoms with E-state index in [1.165, 1.54) is 11.0 Å². The van der Waals surface area contributed by atoms with E-state index in [0.29, 0.717) is 34.5 Å². The zero-order valence-corrected chi connectivity index (χ0v) is 28.1. The Morgan fingerprint density at radius 2 is 1.85 bits per heavy atom. The molecule has 1 N–H and O–H groups in total. The molecule has 0 bridgehead atoms. The maximum absolute atomic E-state index is 13.8. The third kappa shape index (κ3) is 6.67. The molecule has 46 heavy (non-hydrogen) atoms. The molecule has 1 aliphatic carbocycles. The molecule has 2 aliphatic rings. The summed E-state index contributed by atoms with van der Waals surface area (Å²) < 4.78 is 40.5. The second-order valence-corrected chi connectivity index (χ2v) is 13.8. The van der Waals surface area contributed by atoms with Crippen molar-refractivity contribution in [3.63, 3.8) is 0 Å². The number of anilines is 1. The molecular formula is C34H43N5O6S. The van der Waals surface area contributed by atoms with Crippen LogP contribution >= 0.6 is 0 Å². The van der Waals surface area contributed by atoms with Gasteiger partial charge < -0.3 is 14.2 Å². The Kier molecular flexibility index (Phi) is 9.85. The van der Waals surface area contributed by atoms with Crippen molar-refractivity contribution >= 4 is 33.7 Å². The first-order valence-corrected chi connectivity index (χ1v) is 17.4. The van der Waals surface area contributed by atoms with Crippen molar-refractivity contribution in [1.29, 1.82) is 0 Å². The second-order valence-electron chi connectivity index (χ2n) is 12.1. The molecule has 1 fully saturated rings. The average Bonchev–Trinajstić information content (AvgIpc) is 3.71. The van der Waals surface area contributed by atoms with Crippen molar-refractivity contribution in [1.82, 2.24) is 15.0 Å². The summed E-state index contributed by atoms with van der Waals surface area (Å²) in [4.78, 5) is 34.8. The van der Waals surface area contributed by atoms with Crippen LogP contribution in [-0.4, -0.2) is 60.4 Å². The van der Waals surface area contributed by atoms with Gasteiger partial charge in [-0.2, -0.15) is 0 Å². The van der Waals surface area contributed by atoms with Crippen LogP contribution in [0, 0.1) is 13.8 Å². The number of aliphatic imine (C=N–C) groups is 1. The fourth-order valence-electron chi connectivity index (χ4n) is 6.18. The Morgan fingerprint density at radius 3 is 2.52 bits per heavy atom. The SMILES string of the molecule is CCCCC1=NC2(CCCC2)C(=O)N1Cc1ccc(-c2ccccc2S(=O)(=O)Nc2onc(C)c2C)c(CN(C)C(=O)OCC)c1. The molecule has 0 saturated heterocycles. The summed E-state index contributed by atoms with van der Waals surface area (Å²) in [5.41, 5.74) is 3.19. The number of carbonyl (C=O) groups is 2. The van der Waals surface area contributed by atoms with E-state index in [1.807, 2.05) is 23.1 Å². The van der Waals surface area contributed by atoms with Gasteiger partial charge in [-0.3, -0.25) is 14.7 Å². The normalized spacial score (nSPS) is 15.8. The highest BCUT2D eigenvalue weighted by molar-refractivity contribution is 7.92. The largest absolute Gasteiger partial charge is 0.450 e. The number of aryl methyl sites for hydroxylation is 1. The molecule has 2 amide bonds. The van der Waals surface area contributed by atoms with Gasteiger partial charge in [0.25, 0.3) is 15.9 Å². The Bertz CT molecular complexity index is 1740. The van der Waals surface area contributed by atoms with Crippen LogP contribution in [0.4, 0.5) is 10.7 Å². The first-order valence-electron chi connectivity index (χ1n) is 15.9. The zero-order valence-electron chi connectivity index (χ0n) is 27.3. The first-order chi connectivity index (χ1) is 22.0. The van der Waals surface area contributed by atoms with Gasteiger partial charge in [0.15, 0.2) is 0 Å². The highest BCUT2D eigenvalue weighted by Gasteiger charge is 2.49. The van der Waals surface area contributed by atoms with Crippen molar-refractivity contribution in [2.24, 2.45) is 4.99 Å². The van der Waals surface area contributed by atoms with Crippen LogP contribution in [0.5, 0.6) is 0 Å². The van der Waals surface area contributed by atoms with E-state index >= 15 is 0 Å². The summed E-state index contributed by atoms with van der Waals surface area (Å²) in [6.45, 7) is 8.05. The van der Waals surface area contributed by atoms with Gasteiger partial charge in [-0.1, -0.05) is 67.7 Å². The summed E-state index contributed by atoms with van der Waals surface area (Å²) in [7, 11) is -2.46. The Hall–Kier alpha value is -4.19. The third-order valence-electron chi connectivity index (χ3n) is 8.83. The minimum absolute atomic E-state index is 0.0446. The van der Waals surface area contributed by atoms with E-state index in [9.17, 15) is 18.0 Å². The quantitative estimate of drug-likeness (QED) is 0.234. The van der Waals surface area contributed by atoms with Crippen LogP contribution in [0.2, 0.25) is 0 Å². The van der Waals surface area contributed by atoms with E-state index in [4.69, 9.17) is 14.3 Å². The highest BCUT2D eigenvalue weighted by atomic mass is 32.2. The number of amides is 2. The van der Waals surface area contributed by atoms with Crippen LogP contribution in [0.3, 0.4) is 0 Å². The summed E-state index contributed by atoms with van der Waals surface area (Å²) in [5.74, 6) is 0.954. The smallest absolute Gasteiger partial charge is 0.409 e. The number of rotatable bonds is 12. The number of ether oxygens (including phenoxy) is 1. The van der Waals surface area contributed by atoms with Crippen molar-refractivity contribution in [2.45, 2.75) is 96.2 Å². The van der Waals surface area contributed by atoms with Gasteiger partial charge in [-0.15, -0.1) is 0 Å². The summed E-state index contributed by atoms with van der Waals surface area (Å²) in [6, 6.07) is 12.4. The second kappa shape index (κ2) is 13.7. The molecule has 1 spiro atoms. The van der Waals surface area contributed by atoms with Gasteiger partial charge in [0, 0.05) is 31.1 Å². The monoisotopic (exact) mass is 649 g/mol. The molecule has 0 atom stereocenters. The van der Waals surface area contributed by atoms with Crippen LogP contribution in [0.25, 0.3) is 11.1 Å². The lowest BCUT2D eigenvalue weighted by atomic mass is 9.96. The van der Waals surface area contributed by atoms with E-state index in [0.717, 1.165) is 56.3 Å². The Morgan fingerprint density at radius 1 is 1.11 bits per heavy atom. The molecule has 11 nitrogen and oxygen atoms in total. The summed E-state index contributed by atoms with van der Waals surface area (Å²) in [6.07, 6.45) is 5.73. The molecule has 12 heteroatoms. The molecule has 1 aliphatic heterocycles.